The number of aliphatic hydroxyl groups is 1. The van der Waals surface area contributed by atoms with E-state index in [9.17, 15) is 5.11 Å². The standard InChI is InChI=1S/C15H16N2O2/c1-19-12-4-2-11(3-5-12)13-6-9-16-14(17-13)15(10-18)7-8-15/h2-6,9,18H,7-8,10H2,1H3. The second-order valence-electron chi connectivity index (χ2n) is 4.93. The highest BCUT2D eigenvalue weighted by atomic mass is 16.5. The molecule has 4 heteroatoms. The monoisotopic (exact) mass is 256 g/mol. The number of methoxy groups -OCH3 is 1. The van der Waals surface area contributed by atoms with Crippen LogP contribution in [0.1, 0.15) is 18.7 Å². The quantitative estimate of drug-likeness (QED) is 0.911. The largest absolute Gasteiger partial charge is 0.497 e. The van der Waals surface area contributed by atoms with Crippen LogP contribution in [0.4, 0.5) is 0 Å². The number of nitrogens with zero attached hydrogens (tertiary/aromatic N) is 2. The highest BCUT2D eigenvalue weighted by Crippen LogP contribution is 2.46. The van der Waals surface area contributed by atoms with Crippen LogP contribution in [-0.4, -0.2) is 28.8 Å². The SMILES string of the molecule is COc1ccc(-c2ccnc(C3(CO)CC3)n2)cc1. The number of aromatic nitrogens is 2. The Morgan fingerprint density at radius 1 is 1.21 bits per heavy atom. The van der Waals surface area contributed by atoms with Gasteiger partial charge >= 0.3 is 0 Å². The van der Waals surface area contributed by atoms with Crippen molar-refractivity contribution in [2.75, 3.05) is 13.7 Å². The summed E-state index contributed by atoms with van der Waals surface area (Å²) in [6.45, 7) is 0.124. The molecule has 19 heavy (non-hydrogen) atoms. The lowest BCUT2D eigenvalue weighted by Crippen LogP contribution is -2.16. The third-order valence-electron chi connectivity index (χ3n) is 3.67. The number of benzene rings is 1. The molecule has 2 aromatic rings. The van der Waals surface area contributed by atoms with Gasteiger partial charge in [-0.15, -0.1) is 0 Å². The van der Waals surface area contributed by atoms with Crippen molar-refractivity contribution < 1.29 is 9.84 Å². The van der Waals surface area contributed by atoms with Crippen LogP contribution in [0.15, 0.2) is 36.5 Å². The third-order valence-corrected chi connectivity index (χ3v) is 3.67. The second kappa shape index (κ2) is 4.63. The van der Waals surface area contributed by atoms with Crippen molar-refractivity contribution in [3.8, 4) is 17.0 Å². The lowest BCUT2D eigenvalue weighted by Gasteiger charge is -2.11. The van der Waals surface area contributed by atoms with Gasteiger partial charge < -0.3 is 9.84 Å². The number of ether oxygens (including phenoxy) is 1. The van der Waals surface area contributed by atoms with Crippen molar-refractivity contribution in [1.82, 2.24) is 9.97 Å². The number of rotatable bonds is 4. The molecule has 1 aliphatic rings. The Labute approximate surface area is 112 Å². The van der Waals surface area contributed by atoms with E-state index >= 15 is 0 Å². The minimum atomic E-state index is -0.192. The van der Waals surface area contributed by atoms with E-state index in [-0.39, 0.29) is 12.0 Å². The van der Waals surface area contributed by atoms with Crippen molar-refractivity contribution in [2.45, 2.75) is 18.3 Å². The van der Waals surface area contributed by atoms with E-state index in [4.69, 9.17) is 4.74 Å². The molecule has 4 nitrogen and oxygen atoms in total. The molecule has 0 amide bonds. The maximum atomic E-state index is 9.44. The van der Waals surface area contributed by atoms with Crippen LogP contribution < -0.4 is 4.74 Å². The zero-order valence-electron chi connectivity index (χ0n) is 10.8. The molecular weight excluding hydrogens is 240 g/mol. The summed E-state index contributed by atoms with van der Waals surface area (Å²) in [6.07, 6.45) is 3.70. The molecular formula is C15H16N2O2. The smallest absolute Gasteiger partial charge is 0.137 e. The lowest BCUT2D eigenvalue weighted by atomic mass is 10.1. The number of aliphatic hydroxyl groups excluding tert-OH is 1. The van der Waals surface area contributed by atoms with Crippen LogP contribution in [0.5, 0.6) is 5.75 Å². The molecule has 0 unspecified atom stereocenters. The fourth-order valence-corrected chi connectivity index (χ4v) is 2.14. The molecule has 98 valence electrons. The van der Waals surface area contributed by atoms with E-state index in [1.165, 1.54) is 0 Å². The van der Waals surface area contributed by atoms with Crippen LogP contribution >= 0.6 is 0 Å². The first-order valence-electron chi connectivity index (χ1n) is 6.36. The summed E-state index contributed by atoms with van der Waals surface area (Å²) < 4.78 is 5.14. The van der Waals surface area contributed by atoms with Gasteiger partial charge in [0.15, 0.2) is 0 Å². The van der Waals surface area contributed by atoms with E-state index in [1.54, 1.807) is 13.3 Å². The molecule has 0 saturated heterocycles. The molecule has 1 aromatic heterocycles. The number of hydrogen-bond acceptors (Lipinski definition) is 4. The molecule has 0 bridgehead atoms. The Morgan fingerprint density at radius 2 is 1.95 bits per heavy atom. The van der Waals surface area contributed by atoms with E-state index in [0.29, 0.717) is 0 Å². The molecule has 3 rings (SSSR count). The Bertz CT molecular complexity index is 577. The average molecular weight is 256 g/mol. The molecule has 1 aliphatic carbocycles. The summed E-state index contributed by atoms with van der Waals surface area (Å²) in [6, 6.07) is 9.66. The fourth-order valence-electron chi connectivity index (χ4n) is 2.14. The highest BCUT2D eigenvalue weighted by Gasteiger charge is 2.46. The predicted molar refractivity (Wildman–Crippen MR) is 72.0 cm³/mol. The van der Waals surface area contributed by atoms with Crippen LogP contribution in [0.3, 0.4) is 0 Å². The molecule has 1 aromatic carbocycles. The fraction of sp³-hybridized carbons (Fsp3) is 0.333. The molecule has 0 atom stereocenters. The molecule has 0 aliphatic heterocycles. The first-order chi connectivity index (χ1) is 9.27. The van der Waals surface area contributed by atoms with Crippen LogP contribution in [0.25, 0.3) is 11.3 Å². The minimum Gasteiger partial charge on any atom is -0.497 e. The maximum absolute atomic E-state index is 9.44. The summed E-state index contributed by atoms with van der Waals surface area (Å²) in [5.74, 6) is 1.58. The normalized spacial score (nSPS) is 16.1. The van der Waals surface area contributed by atoms with E-state index in [0.717, 1.165) is 35.7 Å². The van der Waals surface area contributed by atoms with Gasteiger partial charge in [0.2, 0.25) is 0 Å². The molecule has 1 N–H and O–H groups in total. The second-order valence-corrected chi connectivity index (χ2v) is 4.93. The minimum absolute atomic E-state index is 0.124. The van der Waals surface area contributed by atoms with Crippen LogP contribution in [-0.2, 0) is 5.41 Å². The van der Waals surface area contributed by atoms with Gasteiger partial charge in [-0.25, -0.2) is 9.97 Å². The van der Waals surface area contributed by atoms with Crippen molar-refractivity contribution in [1.29, 1.82) is 0 Å². The van der Waals surface area contributed by atoms with E-state index < -0.39 is 0 Å². The molecule has 1 heterocycles. The Hall–Kier alpha value is -1.94. The van der Waals surface area contributed by atoms with E-state index in [1.807, 2.05) is 30.3 Å². The van der Waals surface area contributed by atoms with Gasteiger partial charge in [-0.3, -0.25) is 0 Å². The van der Waals surface area contributed by atoms with Crippen LogP contribution in [0.2, 0.25) is 0 Å². The van der Waals surface area contributed by atoms with Gasteiger partial charge in [-0.1, -0.05) is 0 Å². The van der Waals surface area contributed by atoms with Crippen molar-refractivity contribution in [3.05, 3.63) is 42.4 Å². The first-order valence-corrected chi connectivity index (χ1v) is 6.36. The van der Waals surface area contributed by atoms with Gasteiger partial charge in [0.05, 0.1) is 24.8 Å². The Kier molecular flexibility index (Phi) is 2.95. The third kappa shape index (κ3) is 2.19. The molecule has 0 spiro atoms. The lowest BCUT2D eigenvalue weighted by molar-refractivity contribution is 0.250. The van der Waals surface area contributed by atoms with Gasteiger partial charge in [0.1, 0.15) is 11.6 Å². The number of hydrogen-bond donors (Lipinski definition) is 1. The predicted octanol–water partition coefficient (Wildman–Crippen LogP) is 2.18. The summed E-state index contributed by atoms with van der Waals surface area (Å²) in [4.78, 5) is 8.90. The topological polar surface area (TPSA) is 55.2 Å². The maximum Gasteiger partial charge on any atom is 0.137 e. The summed E-state index contributed by atoms with van der Waals surface area (Å²) in [7, 11) is 1.65. The zero-order valence-corrected chi connectivity index (χ0v) is 10.8. The Morgan fingerprint density at radius 3 is 2.53 bits per heavy atom. The van der Waals surface area contributed by atoms with Gasteiger partial charge in [-0.2, -0.15) is 0 Å². The molecule has 0 radical (unpaired) electrons. The molecule has 1 saturated carbocycles. The van der Waals surface area contributed by atoms with Crippen molar-refractivity contribution >= 4 is 0 Å². The first kappa shape index (κ1) is 12.1. The Balaban J connectivity index is 1.94. The average Bonchev–Trinajstić information content (AvgIpc) is 3.29. The summed E-state index contributed by atoms with van der Waals surface area (Å²) in [5.41, 5.74) is 1.72. The van der Waals surface area contributed by atoms with Gasteiger partial charge in [-0.05, 0) is 43.2 Å². The molecule has 1 fully saturated rings. The van der Waals surface area contributed by atoms with Gasteiger partial charge in [0.25, 0.3) is 0 Å². The van der Waals surface area contributed by atoms with E-state index in [2.05, 4.69) is 9.97 Å². The zero-order chi connectivity index (χ0) is 13.3. The summed E-state index contributed by atoms with van der Waals surface area (Å²) >= 11 is 0. The van der Waals surface area contributed by atoms with Crippen molar-refractivity contribution in [2.24, 2.45) is 0 Å². The summed E-state index contributed by atoms with van der Waals surface area (Å²) in [5, 5.41) is 9.44. The van der Waals surface area contributed by atoms with Crippen LogP contribution in [0, 0.1) is 0 Å². The van der Waals surface area contributed by atoms with Crippen molar-refractivity contribution in [3.63, 3.8) is 0 Å². The highest BCUT2D eigenvalue weighted by molar-refractivity contribution is 5.59. The van der Waals surface area contributed by atoms with Gasteiger partial charge in [0, 0.05) is 11.8 Å².